The first-order valence-electron chi connectivity index (χ1n) is 9.24. The molecular formula is C24H25N. The van der Waals surface area contributed by atoms with Crippen LogP contribution in [0.5, 0.6) is 0 Å². The van der Waals surface area contributed by atoms with Crippen LogP contribution < -0.4 is 0 Å². The van der Waals surface area contributed by atoms with Gasteiger partial charge in [-0.15, -0.1) is 0 Å². The van der Waals surface area contributed by atoms with Crippen LogP contribution in [0.2, 0.25) is 0 Å². The van der Waals surface area contributed by atoms with E-state index >= 15 is 0 Å². The van der Waals surface area contributed by atoms with E-state index in [1.807, 2.05) is 6.08 Å². The third-order valence-corrected chi connectivity index (χ3v) is 5.43. The molecule has 25 heavy (non-hydrogen) atoms. The van der Waals surface area contributed by atoms with Gasteiger partial charge in [-0.1, -0.05) is 73.3 Å². The molecule has 0 spiro atoms. The summed E-state index contributed by atoms with van der Waals surface area (Å²) < 4.78 is 0. The number of benzene rings is 3. The Morgan fingerprint density at radius 1 is 0.880 bits per heavy atom. The van der Waals surface area contributed by atoms with E-state index in [1.54, 1.807) is 0 Å². The molecule has 4 rings (SSSR count). The Morgan fingerprint density at radius 3 is 2.36 bits per heavy atom. The van der Waals surface area contributed by atoms with Gasteiger partial charge in [0.2, 0.25) is 0 Å². The molecule has 1 aliphatic rings. The minimum Gasteiger partial charge on any atom is -0.299 e. The Bertz CT molecular complexity index is 858. The van der Waals surface area contributed by atoms with E-state index in [4.69, 9.17) is 0 Å². The maximum absolute atomic E-state index is 3.86. The van der Waals surface area contributed by atoms with E-state index in [0.717, 1.165) is 6.54 Å². The zero-order chi connectivity index (χ0) is 17.1. The predicted octanol–water partition coefficient (Wildman–Crippen LogP) is 5.86. The highest BCUT2D eigenvalue weighted by Gasteiger charge is 2.20. The molecule has 3 aromatic rings. The van der Waals surface area contributed by atoms with Crippen LogP contribution >= 0.6 is 0 Å². The fourth-order valence-corrected chi connectivity index (χ4v) is 3.93. The Labute approximate surface area is 150 Å². The summed E-state index contributed by atoms with van der Waals surface area (Å²) >= 11 is 0. The van der Waals surface area contributed by atoms with Gasteiger partial charge in [-0.25, -0.2) is 0 Å². The number of nitrogens with zero attached hydrogens (tertiary/aromatic N) is 1. The molecule has 0 aromatic heterocycles. The van der Waals surface area contributed by atoms with Crippen molar-refractivity contribution in [2.45, 2.75) is 25.3 Å². The Hall–Kier alpha value is -2.38. The van der Waals surface area contributed by atoms with Crippen molar-refractivity contribution in [2.75, 3.05) is 13.1 Å². The Balaban J connectivity index is 1.43. The summed E-state index contributed by atoms with van der Waals surface area (Å²) in [5.74, 6) is 0.690. The topological polar surface area (TPSA) is 3.24 Å². The SMILES string of the molecule is C=Cc1ccc2cc(C3CCN(Cc4ccccc4)CC3)ccc2c1. The highest BCUT2D eigenvalue weighted by atomic mass is 15.1. The fraction of sp³-hybridized carbons (Fsp3) is 0.250. The Morgan fingerprint density at radius 2 is 1.60 bits per heavy atom. The van der Waals surface area contributed by atoms with E-state index < -0.39 is 0 Å². The van der Waals surface area contributed by atoms with Gasteiger partial charge >= 0.3 is 0 Å². The van der Waals surface area contributed by atoms with Crippen LogP contribution in [0.1, 0.15) is 35.4 Å². The van der Waals surface area contributed by atoms with E-state index in [9.17, 15) is 0 Å². The molecule has 1 nitrogen and oxygen atoms in total. The van der Waals surface area contributed by atoms with E-state index in [-0.39, 0.29) is 0 Å². The number of hydrogen-bond donors (Lipinski definition) is 0. The van der Waals surface area contributed by atoms with Crippen molar-refractivity contribution in [3.05, 3.63) is 90.0 Å². The normalized spacial score (nSPS) is 16.2. The van der Waals surface area contributed by atoms with Crippen molar-refractivity contribution in [2.24, 2.45) is 0 Å². The summed E-state index contributed by atoms with van der Waals surface area (Å²) in [5, 5.41) is 2.65. The highest BCUT2D eigenvalue weighted by Crippen LogP contribution is 2.31. The van der Waals surface area contributed by atoms with Crippen LogP contribution in [-0.4, -0.2) is 18.0 Å². The van der Waals surface area contributed by atoms with Gasteiger partial charge in [-0.05, 0) is 65.4 Å². The summed E-state index contributed by atoms with van der Waals surface area (Å²) in [6.45, 7) is 7.32. The average molecular weight is 327 g/mol. The first-order valence-corrected chi connectivity index (χ1v) is 9.24. The molecule has 0 saturated carbocycles. The molecule has 0 atom stereocenters. The molecule has 0 amide bonds. The minimum absolute atomic E-state index is 0.690. The summed E-state index contributed by atoms with van der Waals surface area (Å²) in [4.78, 5) is 2.59. The molecule has 1 heteroatoms. The first-order chi connectivity index (χ1) is 12.3. The Kier molecular flexibility index (Phi) is 4.67. The van der Waals surface area contributed by atoms with Crippen LogP contribution in [0.4, 0.5) is 0 Å². The van der Waals surface area contributed by atoms with Crippen molar-refractivity contribution < 1.29 is 0 Å². The summed E-state index contributed by atoms with van der Waals surface area (Å²) in [7, 11) is 0. The molecule has 126 valence electrons. The highest BCUT2D eigenvalue weighted by molar-refractivity contribution is 5.85. The lowest BCUT2D eigenvalue weighted by Gasteiger charge is -2.32. The van der Waals surface area contributed by atoms with Crippen molar-refractivity contribution in [3.8, 4) is 0 Å². The van der Waals surface area contributed by atoms with Crippen LogP contribution in [0.15, 0.2) is 73.3 Å². The molecule has 0 bridgehead atoms. The number of fused-ring (bicyclic) bond motifs is 1. The molecule has 0 N–H and O–H groups in total. The molecule has 0 aliphatic carbocycles. The fourth-order valence-electron chi connectivity index (χ4n) is 3.93. The lowest BCUT2D eigenvalue weighted by Crippen LogP contribution is -2.32. The first kappa shape index (κ1) is 16.1. The van der Waals surface area contributed by atoms with E-state index in [1.165, 1.54) is 53.4 Å². The number of likely N-dealkylation sites (tertiary alicyclic amines) is 1. The maximum Gasteiger partial charge on any atom is 0.0233 e. The van der Waals surface area contributed by atoms with Gasteiger partial charge in [0.15, 0.2) is 0 Å². The van der Waals surface area contributed by atoms with Gasteiger partial charge in [-0.2, -0.15) is 0 Å². The van der Waals surface area contributed by atoms with Crippen molar-refractivity contribution >= 4 is 16.8 Å². The molecule has 1 fully saturated rings. The number of hydrogen-bond acceptors (Lipinski definition) is 1. The minimum atomic E-state index is 0.690. The van der Waals surface area contributed by atoms with E-state index in [2.05, 4.69) is 78.2 Å². The molecule has 1 aliphatic heterocycles. The van der Waals surface area contributed by atoms with Gasteiger partial charge in [0.25, 0.3) is 0 Å². The quantitative estimate of drug-likeness (QED) is 0.580. The second-order valence-electron chi connectivity index (χ2n) is 7.11. The predicted molar refractivity (Wildman–Crippen MR) is 108 cm³/mol. The molecule has 0 radical (unpaired) electrons. The number of rotatable bonds is 4. The van der Waals surface area contributed by atoms with Crippen molar-refractivity contribution in [3.63, 3.8) is 0 Å². The zero-order valence-electron chi connectivity index (χ0n) is 14.7. The second-order valence-corrected chi connectivity index (χ2v) is 7.11. The summed E-state index contributed by atoms with van der Waals surface area (Å²) in [6, 6.07) is 24.4. The smallest absolute Gasteiger partial charge is 0.0233 e. The lowest BCUT2D eigenvalue weighted by molar-refractivity contribution is 0.204. The lowest BCUT2D eigenvalue weighted by atomic mass is 9.88. The summed E-state index contributed by atoms with van der Waals surface area (Å²) in [6.07, 6.45) is 4.42. The average Bonchev–Trinajstić information content (AvgIpc) is 2.68. The maximum atomic E-state index is 3.86. The standard InChI is InChI=1S/C24H25N/c1-2-19-8-9-24-17-23(11-10-22(24)16-19)21-12-14-25(15-13-21)18-20-6-4-3-5-7-20/h2-11,16-17,21H,1,12-15,18H2. The monoisotopic (exact) mass is 327 g/mol. The molecule has 1 saturated heterocycles. The van der Waals surface area contributed by atoms with Gasteiger partial charge in [0.05, 0.1) is 0 Å². The zero-order valence-corrected chi connectivity index (χ0v) is 14.7. The molecule has 3 aromatic carbocycles. The number of piperidine rings is 1. The van der Waals surface area contributed by atoms with Crippen LogP contribution in [0, 0.1) is 0 Å². The molecular weight excluding hydrogens is 302 g/mol. The van der Waals surface area contributed by atoms with Gasteiger partial charge in [0.1, 0.15) is 0 Å². The summed E-state index contributed by atoms with van der Waals surface area (Å²) in [5.41, 5.74) is 4.11. The van der Waals surface area contributed by atoms with Crippen LogP contribution in [0.3, 0.4) is 0 Å². The second kappa shape index (κ2) is 7.25. The third kappa shape index (κ3) is 3.67. The largest absolute Gasteiger partial charge is 0.299 e. The van der Waals surface area contributed by atoms with Crippen molar-refractivity contribution in [1.29, 1.82) is 0 Å². The van der Waals surface area contributed by atoms with Crippen molar-refractivity contribution in [1.82, 2.24) is 4.90 Å². The molecule has 0 unspecified atom stereocenters. The molecule has 1 heterocycles. The van der Waals surface area contributed by atoms with E-state index in [0.29, 0.717) is 5.92 Å². The van der Waals surface area contributed by atoms with Gasteiger partial charge in [-0.3, -0.25) is 4.90 Å². The van der Waals surface area contributed by atoms with Gasteiger partial charge < -0.3 is 0 Å². The third-order valence-electron chi connectivity index (χ3n) is 5.43. The van der Waals surface area contributed by atoms with Crippen LogP contribution in [0.25, 0.3) is 16.8 Å². The van der Waals surface area contributed by atoms with Crippen LogP contribution in [-0.2, 0) is 6.54 Å². The van der Waals surface area contributed by atoms with Gasteiger partial charge in [0, 0.05) is 6.54 Å².